The van der Waals surface area contributed by atoms with Gasteiger partial charge in [-0.25, -0.2) is 9.18 Å². The molecule has 3 rings (SSSR count). The zero-order valence-electron chi connectivity index (χ0n) is 15.9. The highest BCUT2D eigenvalue weighted by atomic mass is 19.1. The number of carboxylic acids is 1. The normalized spacial score (nSPS) is 11.2. The molecule has 0 heterocycles. The van der Waals surface area contributed by atoms with Crippen LogP contribution in [0.4, 0.5) is 4.39 Å². The largest absolute Gasteiger partial charge is 0.478 e. The van der Waals surface area contributed by atoms with E-state index in [1.165, 1.54) is 48.5 Å². The number of halogens is 1. The average molecular weight is 404 g/mol. The number of carbonyl (C=O) groups excluding carboxylic acids is 1. The fourth-order valence-electron chi connectivity index (χ4n) is 2.80. The Labute approximate surface area is 172 Å². The number of aromatic carboxylic acids is 1. The van der Waals surface area contributed by atoms with E-state index < -0.39 is 23.7 Å². The van der Waals surface area contributed by atoms with Crippen LogP contribution in [0.5, 0.6) is 11.5 Å². The van der Waals surface area contributed by atoms with Gasteiger partial charge < -0.3 is 15.2 Å². The molecular formula is C23H17FN2O4. The Hall–Kier alpha value is -4.18. The number of carbonyl (C=O) groups is 2. The monoisotopic (exact) mass is 404 g/mol. The second kappa shape index (κ2) is 8.88. The van der Waals surface area contributed by atoms with Gasteiger partial charge in [-0.2, -0.15) is 5.26 Å². The summed E-state index contributed by atoms with van der Waals surface area (Å²) in [6.07, 6.45) is 0. The molecule has 0 radical (unpaired) electrons. The van der Waals surface area contributed by atoms with E-state index in [0.29, 0.717) is 5.56 Å². The summed E-state index contributed by atoms with van der Waals surface area (Å²) in [7, 11) is 0. The summed E-state index contributed by atoms with van der Waals surface area (Å²) in [6.45, 7) is 1.74. The molecule has 0 saturated carbocycles. The fraction of sp³-hybridized carbons (Fsp3) is 0.0870. The van der Waals surface area contributed by atoms with Crippen LogP contribution in [0.2, 0.25) is 0 Å². The van der Waals surface area contributed by atoms with Crippen molar-refractivity contribution in [1.82, 2.24) is 5.32 Å². The predicted molar refractivity (Wildman–Crippen MR) is 107 cm³/mol. The average Bonchev–Trinajstić information content (AvgIpc) is 2.74. The molecule has 1 atom stereocenters. The molecule has 0 fully saturated rings. The molecule has 0 aliphatic carbocycles. The third kappa shape index (κ3) is 4.80. The minimum atomic E-state index is -1.04. The second-order valence-corrected chi connectivity index (χ2v) is 6.50. The number of carboxylic acid groups (broad SMARTS) is 1. The molecule has 0 aromatic heterocycles. The van der Waals surface area contributed by atoms with Gasteiger partial charge in [0.1, 0.15) is 17.3 Å². The lowest BCUT2D eigenvalue weighted by Crippen LogP contribution is -2.27. The van der Waals surface area contributed by atoms with Crippen LogP contribution < -0.4 is 10.1 Å². The van der Waals surface area contributed by atoms with Gasteiger partial charge in [-0.05, 0) is 55.0 Å². The van der Waals surface area contributed by atoms with Gasteiger partial charge in [0.2, 0.25) is 0 Å². The van der Waals surface area contributed by atoms with Crippen molar-refractivity contribution < 1.29 is 23.8 Å². The van der Waals surface area contributed by atoms with Gasteiger partial charge in [-0.3, -0.25) is 4.79 Å². The molecule has 0 aliphatic heterocycles. The highest BCUT2D eigenvalue weighted by Crippen LogP contribution is 2.27. The second-order valence-electron chi connectivity index (χ2n) is 6.50. The van der Waals surface area contributed by atoms with Gasteiger partial charge >= 0.3 is 5.97 Å². The summed E-state index contributed by atoms with van der Waals surface area (Å²) in [5.74, 6) is -1.62. The number of amides is 1. The standard InChI is InChI=1S/C23H17FN2O4/c1-14(16-6-8-17(9-7-16)23(28)29)26-22(27)20-11-15(13-25)5-10-21(20)30-19-4-2-3-18(24)12-19/h2-12,14H,1H3,(H,26,27)(H,28,29)/t14-/m0/s1. The number of hydrogen-bond acceptors (Lipinski definition) is 4. The van der Waals surface area contributed by atoms with Crippen LogP contribution in [-0.2, 0) is 0 Å². The molecule has 0 unspecified atom stereocenters. The Balaban J connectivity index is 1.84. The first-order chi connectivity index (χ1) is 14.4. The molecule has 150 valence electrons. The molecule has 0 spiro atoms. The van der Waals surface area contributed by atoms with E-state index in [0.717, 1.165) is 0 Å². The number of nitrogens with one attached hydrogen (secondary N) is 1. The van der Waals surface area contributed by atoms with E-state index in [1.807, 2.05) is 6.07 Å². The minimum absolute atomic E-state index is 0.118. The van der Waals surface area contributed by atoms with Crippen LogP contribution >= 0.6 is 0 Å². The van der Waals surface area contributed by atoms with Gasteiger partial charge in [0.25, 0.3) is 5.91 Å². The maximum Gasteiger partial charge on any atom is 0.335 e. The SMILES string of the molecule is C[C@H](NC(=O)c1cc(C#N)ccc1Oc1cccc(F)c1)c1ccc(C(=O)O)cc1. The van der Waals surface area contributed by atoms with Crippen molar-refractivity contribution in [2.45, 2.75) is 13.0 Å². The van der Waals surface area contributed by atoms with E-state index in [-0.39, 0.29) is 28.2 Å². The molecule has 3 aromatic rings. The van der Waals surface area contributed by atoms with Crippen molar-refractivity contribution in [3.05, 3.63) is 94.8 Å². The van der Waals surface area contributed by atoms with Gasteiger partial charge in [-0.1, -0.05) is 18.2 Å². The quantitative estimate of drug-likeness (QED) is 0.621. The van der Waals surface area contributed by atoms with Crippen molar-refractivity contribution in [3.63, 3.8) is 0 Å². The molecule has 0 bridgehead atoms. The first kappa shape index (κ1) is 20.6. The molecule has 1 amide bonds. The van der Waals surface area contributed by atoms with Crippen molar-refractivity contribution in [1.29, 1.82) is 5.26 Å². The third-order valence-corrected chi connectivity index (χ3v) is 4.38. The van der Waals surface area contributed by atoms with Crippen LogP contribution in [0.25, 0.3) is 0 Å². The molecule has 30 heavy (non-hydrogen) atoms. The van der Waals surface area contributed by atoms with E-state index in [9.17, 15) is 19.2 Å². The van der Waals surface area contributed by atoms with Crippen molar-refractivity contribution in [3.8, 4) is 17.6 Å². The van der Waals surface area contributed by atoms with Gasteiger partial charge in [0, 0.05) is 6.07 Å². The van der Waals surface area contributed by atoms with Crippen molar-refractivity contribution >= 4 is 11.9 Å². The van der Waals surface area contributed by atoms with Crippen LogP contribution in [-0.4, -0.2) is 17.0 Å². The van der Waals surface area contributed by atoms with Gasteiger partial charge in [0.05, 0.1) is 28.8 Å². The maximum absolute atomic E-state index is 13.4. The first-order valence-corrected chi connectivity index (χ1v) is 8.99. The van der Waals surface area contributed by atoms with E-state index in [4.69, 9.17) is 9.84 Å². The summed E-state index contributed by atoms with van der Waals surface area (Å²) in [4.78, 5) is 23.9. The smallest absolute Gasteiger partial charge is 0.335 e. The number of rotatable bonds is 6. The number of benzene rings is 3. The zero-order valence-corrected chi connectivity index (χ0v) is 15.9. The Morgan fingerprint density at radius 2 is 1.83 bits per heavy atom. The Bertz CT molecular complexity index is 1140. The van der Waals surface area contributed by atoms with E-state index >= 15 is 0 Å². The highest BCUT2D eigenvalue weighted by Gasteiger charge is 2.18. The maximum atomic E-state index is 13.4. The van der Waals surface area contributed by atoms with Crippen LogP contribution in [0.15, 0.2) is 66.7 Å². The summed E-state index contributed by atoms with van der Waals surface area (Å²) in [6, 6.07) is 17.5. The number of hydrogen-bond donors (Lipinski definition) is 2. The van der Waals surface area contributed by atoms with Crippen LogP contribution in [0.1, 0.15) is 44.8 Å². The molecule has 0 aliphatic rings. The molecule has 7 heteroatoms. The number of nitrogens with zero attached hydrogens (tertiary/aromatic N) is 1. The predicted octanol–water partition coefficient (Wildman–Crippen LogP) is 4.68. The lowest BCUT2D eigenvalue weighted by atomic mass is 10.0. The summed E-state index contributed by atoms with van der Waals surface area (Å²) >= 11 is 0. The first-order valence-electron chi connectivity index (χ1n) is 8.99. The van der Waals surface area contributed by atoms with E-state index in [2.05, 4.69) is 5.32 Å². The Morgan fingerprint density at radius 3 is 2.47 bits per heavy atom. The summed E-state index contributed by atoms with van der Waals surface area (Å²) < 4.78 is 19.1. The molecule has 6 nitrogen and oxygen atoms in total. The highest BCUT2D eigenvalue weighted by molar-refractivity contribution is 5.97. The zero-order chi connectivity index (χ0) is 21.7. The third-order valence-electron chi connectivity index (χ3n) is 4.38. The van der Waals surface area contributed by atoms with Crippen molar-refractivity contribution in [2.24, 2.45) is 0 Å². The number of ether oxygens (including phenoxy) is 1. The number of nitriles is 1. The van der Waals surface area contributed by atoms with E-state index in [1.54, 1.807) is 25.1 Å². The lowest BCUT2D eigenvalue weighted by molar-refractivity contribution is 0.0696. The van der Waals surface area contributed by atoms with Crippen LogP contribution in [0, 0.1) is 17.1 Å². The Kier molecular flexibility index (Phi) is 6.08. The minimum Gasteiger partial charge on any atom is -0.478 e. The van der Waals surface area contributed by atoms with Crippen molar-refractivity contribution in [2.75, 3.05) is 0 Å². The molecule has 0 saturated heterocycles. The summed E-state index contributed by atoms with van der Waals surface area (Å²) in [5, 5.41) is 21.0. The van der Waals surface area contributed by atoms with Gasteiger partial charge in [0.15, 0.2) is 0 Å². The molecule has 3 aromatic carbocycles. The topological polar surface area (TPSA) is 99.4 Å². The molecular weight excluding hydrogens is 387 g/mol. The lowest BCUT2D eigenvalue weighted by Gasteiger charge is -2.17. The fourth-order valence-corrected chi connectivity index (χ4v) is 2.80. The summed E-state index contributed by atoms with van der Waals surface area (Å²) in [5.41, 5.74) is 1.24. The molecule has 2 N–H and O–H groups in total. The van der Waals surface area contributed by atoms with Crippen LogP contribution in [0.3, 0.4) is 0 Å². The Morgan fingerprint density at radius 1 is 1.10 bits per heavy atom. The van der Waals surface area contributed by atoms with Gasteiger partial charge in [-0.15, -0.1) is 0 Å².